The second-order valence-corrected chi connectivity index (χ2v) is 4.89. The van der Waals surface area contributed by atoms with Crippen molar-refractivity contribution < 1.29 is 4.79 Å². The number of carbonyl (C=O) groups is 1. The topological polar surface area (TPSA) is 52.9 Å². The number of nitrogens with one attached hydrogen (secondary N) is 1. The Balaban J connectivity index is 1.79. The van der Waals surface area contributed by atoms with Gasteiger partial charge in [-0.05, 0) is 25.2 Å². The minimum absolute atomic E-state index is 0.0249. The van der Waals surface area contributed by atoms with Crippen LogP contribution in [0.3, 0.4) is 0 Å². The minimum Gasteiger partial charge on any atom is -0.355 e. The van der Waals surface area contributed by atoms with Crippen molar-refractivity contribution in [3.8, 4) is 6.07 Å². The summed E-state index contributed by atoms with van der Waals surface area (Å²) in [6, 6.07) is 2.22. The van der Waals surface area contributed by atoms with E-state index in [1.54, 1.807) is 0 Å². The summed E-state index contributed by atoms with van der Waals surface area (Å²) in [6.45, 7) is 0.757. The second kappa shape index (κ2) is 4.22. The van der Waals surface area contributed by atoms with Gasteiger partial charge in [-0.1, -0.05) is 25.7 Å². The van der Waals surface area contributed by atoms with Crippen molar-refractivity contribution in [1.29, 1.82) is 5.26 Å². The maximum absolute atomic E-state index is 11.9. The van der Waals surface area contributed by atoms with Gasteiger partial charge >= 0.3 is 0 Å². The van der Waals surface area contributed by atoms with Crippen LogP contribution in [0.15, 0.2) is 0 Å². The number of nitriles is 1. The zero-order chi connectivity index (χ0) is 10.7. The van der Waals surface area contributed by atoms with Crippen LogP contribution in [0.25, 0.3) is 0 Å². The van der Waals surface area contributed by atoms with E-state index in [-0.39, 0.29) is 5.91 Å². The van der Waals surface area contributed by atoms with E-state index in [0.717, 1.165) is 44.6 Å². The fourth-order valence-electron chi connectivity index (χ4n) is 2.33. The molecule has 3 heteroatoms. The van der Waals surface area contributed by atoms with Gasteiger partial charge < -0.3 is 5.32 Å². The third kappa shape index (κ3) is 2.31. The van der Waals surface area contributed by atoms with Gasteiger partial charge in [-0.15, -0.1) is 0 Å². The first kappa shape index (κ1) is 10.5. The van der Waals surface area contributed by atoms with Crippen molar-refractivity contribution >= 4 is 5.91 Å². The lowest BCUT2D eigenvalue weighted by Gasteiger charge is -2.19. The van der Waals surface area contributed by atoms with Crippen LogP contribution >= 0.6 is 0 Å². The summed E-state index contributed by atoms with van der Waals surface area (Å²) in [5.74, 6) is 0.815. The molecule has 1 N–H and O–H groups in total. The molecule has 0 spiro atoms. The quantitative estimate of drug-likeness (QED) is 0.764. The maximum atomic E-state index is 11.9. The summed E-state index contributed by atoms with van der Waals surface area (Å²) >= 11 is 0. The molecule has 0 heterocycles. The summed E-state index contributed by atoms with van der Waals surface area (Å²) in [4.78, 5) is 11.9. The Kier molecular flexibility index (Phi) is 2.95. The van der Waals surface area contributed by atoms with Crippen molar-refractivity contribution in [3.05, 3.63) is 0 Å². The molecule has 2 rings (SSSR count). The van der Waals surface area contributed by atoms with Crippen LogP contribution in [0.4, 0.5) is 0 Å². The zero-order valence-corrected chi connectivity index (χ0v) is 9.09. The summed E-state index contributed by atoms with van der Waals surface area (Å²) in [5, 5.41) is 12.0. The molecule has 3 nitrogen and oxygen atoms in total. The second-order valence-electron chi connectivity index (χ2n) is 4.89. The van der Waals surface area contributed by atoms with E-state index in [9.17, 15) is 4.79 Å². The number of rotatable bonds is 4. The molecule has 0 unspecified atom stereocenters. The standard InChI is InChI=1S/C12H18N2O/c13-9-12(6-1-2-7-12)11(15)14-8-5-10-3-4-10/h10H,1-8H2,(H,14,15). The summed E-state index contributed by atoms with van der Waals surface area (Å²) in [6.07, 6.45) is 7.26. The molecule has 0 aliphatic heterocycles. The molecule has 0 aromatic heterocycles. The predicted molar refractivity (Wildman–Crippen MR) is 56.9 cm³/mol. The molecular weight excluding hydrogens is 188 g/mol. The third-order valence-electron chi connectivity index (χ3n) is 3.64. The highest BCUT2D eigenvalue weighted by molar-refractivity contribution is 5.85. The van der Waals surface area contributed by atoms with Gasteiger partial charge in [-0.25, -0.2) is 0 Å². The Bertz CT molecular complexity index is 282. The van der Waals surface area contributed by atoms with E-state index >= 15 is 0 Å². The van der Waals surface area contributed by atoms with Crippen LogP contribution < -0.4 is 5.32 Å². The predicted octanol–water partition coefficient (Wildman–Crippen LogP) is 1.99. The zero-order valence-electron chi connectivity index (χ0n) is 9.09. The molecule has 0 bridgehead atoms. The fourth-order valence-corrected chi connectivity index (χ4v) is 2.33. The fraction of sp³-hybridized carbons (Fsp3) is 0.833. The van der Waals surface area contributed by atoms with Crippen molar-refractivity contribution in [2.24, 2.45) is 11.3 Å². The van der Waals surface area contributed by atoms with Gasteiger partial charge in [0.1, 0.15) is 5.41 Å². The largest absolute Gasteiger partial charge is 0.355 e. The van der Waals surface area contributed by atoms with Crippen molar-refractivity contribution in [2.45, 2.75) is 44.9 Å². The van der Waals surface area contributed by atoms with E-state index < -0.39 is 5.41 Å². The lowest BCUT2D eigenvalue weighted by atomic mass is 9.87. The van der Waals surface area contributed by atoms with E-state index in [0.29, 0.717) is 0 Å². The Morgan fingerprint density at radius 2 is 2.07 bits per heavy atom. The van der Waals surface area contributed by atoms with Gasteiger partial charge in [0.2, 0.25) is 5.91 Å². The van der Waals surface area contributed by atoms with Crippen molar-refractivity contribution in [3.63, 3.8) is 0 Å². The van der Waals surface area contributed by atoms with E-state index in [2.05, 4.69) is 11.4 Å². The Morgan fingerprint density at radius 3 is 2.60 bits per heavy atom. The minimum atomic E-state index is -0.691. The monoisotopic (exact) mass is 206 g/mol. The van der Waals surface area contributed by atoms with Crippen LogP contribution in [0.1, 0.15) is 44.9 Å². The number of carbonyl (C=O) groups excluding carboxylic acids is 1. The Morgan fingerprint density at radius 1 is 1.40 bits per heavy atom. The third-order valence-corrected chi connectivity index (χ3v) is 3.64. The van der Waals surface area contributed by atoms with Crippen molar-refractivity contribution in [2.75, 3.05) is 6.54 Å². The summed E-state index contributed by atoms with van der Waals surface area (Å²) < 4.78 is 0. The van der Waals surface area contributed by atoms with Crippen LogP contribution in [-0.4, -0.2) is 12.5 Å². The number of hydrogen-bond donors (Lipinski definition) is 1. The van der Waals surface area contributed by atoms with Gasteiger partial charge in [0.15, 0.2) is 0 Å². The van der Waals surface area contributed by atoms with E-state index in [1.807, 2.05) is 0 Å². The number of nitrogens with zero attached hydrogens (tertiary/aromatic N) is 1. The molecule has 0 radical (unpaired) electrons. The molecule has 2 fully saturated rings. The molecular formula is C12H18N2O. The lowest BCUT2D eigenvalue weighted by Crippen LogP contribution is -2.38. The molecule has 15 heavy (non-hydrogen) atoms. The Labute approximate surface area is 90.8 Å². The highest BCUT2D eigenvalue weighted by Gasteiger charge is 2.41. The normalized spacial score (nSPS) is 23.4. The molecule has 0 aromatic rings. The summed E-state index contributed by atoms with van der Waals surface area (Å²) in [7, 11) is 0. The average molecular weight is 206 g/mol. The van der Waals surface area contributed by atoms with Crippen LogP contribution in [0.2, 0.25) is 0 Å². The first-order chi connectivity index (χ1) is 7.27. The maximum Gasteiger partial charge on any atom is 0.240 e. The molecule has 0 atom stereocenters. The molecule has 0 saturated heterocycles. The molecule has 1 amide bonds. The van der Waals surface area contributed by atoms with E-state index in [4.69, 9.17) is 5.26 Å². The molecule has 82 valence electrons. The van der Waals surface area contributed by atoms with Gasteiger partial charge in [0.05, 0.1) is 6.07 Å². The molecule has 2 saturated carbocycles. The van der Waals surface area contributed by atoms with Crippen LogP contribution in [0, 0.1) is 22.7 Å². The SMILES string of the molecule is N#CC1(C(=O)NCCC2CC2)CCCC1. The average Bonchev–Trinajstić information content (AvgIpc) is 2.94. The van der Waals surface area contributed by atoms with Crippen LogP contribution in [0.5, 0.6) is 0 Å². The molecule has 2 aliphatic carbocycles. The van der Waals surface area contributed by atoms with Gasteiger partial charge in [-0.2, -0.15) is 5.26 Å². The highest BCUT2D eigenvalue weighted by Crippen LogP contribution is 2.37. The van der Waals surface area contributed by atoms with Gasteiger partial charge in [0.25, 0.3) is 0 Å². The smallest absolute Gasteiger partial charge is 0.240 e. The number of amides is 1. The van der Waals surface area contributed by atoms with Gasteiger partial charge in [-0.3, -0.25) is 4.79 Å². The van der Waals surface area contributed by atoms with E-state index in [1.165, 1.54) is 12.8 Å². The Hall–Kier alpha value is -1.04. The first-order valence-corrected chi connectivity index (χ1v) is 5.96. The summed E-state index contributed by atoms with van der Waals surface area (Å²) in [5.41, 5.74) is -0.691. The van der Waals surface area contributed by atoms with Crippen LogP contribution in [-0.2, 0) is 4.79 Å². The lowest BCUT2D eigenvalue weighted by molar-refractivity contribution is -0.127. The molecule has 2 aliphatic rings. The molecule has 0 aromatic carbocycles. The van der Waals surface area contributed by atoms with Crippen molar-refractivity contribution in [1.82, 2.24) is 5.32 Å². The highest BCUT2D eigenvalue weighted by atomic mass is 16.2. The first-order valence-electron chi connectivity index (χ1n) is 5.96. The van der Waals surface area contributed by atoms with Gasteiger partial charge in [0, 0.05) is 6.54 Å². The number of hydrogen-bond acceptors (Lipinski definition) is 2.